The Bertz CT molecular complexity index is 876. The van der Waals surface area contributed by atoms with Crippen LogP contribution in [0.25, 0.3) is 0 Å². The Kier molecular flexibility index (Phi) is 3.38. The van der Waals surface area contributed by atoms with Crippen LogP contribution in [0.5, 0.6) is 0 Å². The van der Waals surface area contributed by atoms with Crippen LogP contribution < -0.4 is 4.72 Å². The third-order valence-electron chi connectivity index (χ3n) is 3.21. The molecule has 1 heterocycles. The molecule has 0 unspecified atom stereocenters. The van der Waals surface area contributed by atoms with E-state index < -0.39 is 14.9 Å². The first kappa shape index (κ1) is 14.2. The summed E-state index contributed by atoms with van der Waals surface area (Å²) >= 11 is 0. The van der Waals surface area contributed by atoms with Crippen molar-refractivity contribution >= 4 is 21.5 Å². The van der Waals surface area contributed by atoms with E-state index in [0.717, 1.165) is 11.6 Å². The SMILES string of the molecule is O=[N+]([O-])c1ccc2c(c1)S(=O)(=O)NC2=NCc1ccccc1. The number of benzene rings is 2. The predicted octanol–water partition coefficient (Wildman–Crippen LogP) is 1.83. The first-order valence-corrected chi connectivity index (χ1v) is 7.86. The van der Waals surface area contributed by atoms with Crippen LogP contribution in [0.2, 0.25) is 0 Å². The fourth-order valence-corrected chi connectivity index (χ4v) is 3.42. The smallest absolute Gasteiger partial charge is 0.263 e. The van der Waals surface area contributed by atoms with E-state index in [4.69, 9.17) is 0 Å². The van der Waals surface area contributed by atoms with Gasteiger partial charge in [0.2, 0.25) is 0 Å². The lowest BCUT2D eigenvalue weighted by molar-refractivity contribution is -0.385. The highest BCUT2D eigenvalue weighted by Gasteiger charge is 2.32. The Morgan fingerprint density at radius 1 is 1.14 bits per heavy atom. The number of sulfonamides is 1. The molecule has 0 radical (unpaired) electrons. The van der Waals surface area contributed by atoms with Crippen LogP contribution in [0.4, 0.5) is 5.69 Å². The number of rotatable bonds is 3. The number of nitro groups is 1. The summed E-state index contributed by atoms with van der Waals surface area (Å²) in [5, 5.41) is 10.8. The number of nitro benzene ring substituents is 1. The number of nitrogens with zero attached hydrogens (tertiary/aromatic N) is 2. The monoisotopic (exact) mass is 317 g/mol. The van der Waals surface area contributed by atoms with Gasteiger partial charge in [0.15, 0.2) is 0 Å². The standard InChI is InChI=1S/C14H11N3O4S/c18-17(19)11-6-7-12-13(8-11)22(20,21)16-14(12)15-9-10-4-2-1-3-5-10/h1-8H,9H2,(H,15,16). The van der Waals surface area contributed by atoms with Crippen molar-refractivity contribution in [3.63, 3.8) is 0 Å². The highest BCUT2D eigenvalue weighted by atomic mass is 32.2. The molecule has 0 spiro atoms. The van der Waals surface area contributed by atoms with E-state index in [2.05, 4.69) is 9.71 Å². The van der Waals surface area contributed by atoms with Gasteiger partial charge in [-0.05, 0) is 11.6 Å². The number of nitrogens with one attached hydrogen (secondary N) is 1. The van der Waals surface area contributed by atoms with Gasteiger partial charge in [-0.3, -0.25) is 19.8 Å². The van der Waals surface area contributed by atoms with Gasteiger partial charge in [-0.2, -0.15) is 0 Å². The van der Waals surface area contributed by atoms with Crippen molar-refractivity contribution in [1.82, 2.24) is 4.72 Å². The first-order chi connectivity index (χ1) is 10.5. The van der Waals surface area contributed by atoms with Crippen LogP contribution in [-0.2, 0) is 16.6 Å². The van der Waals surface area contributed by atoms with E-state index in [-0.39, 0.29) is 16.4 Å². The van der Waals surface area contributed by atoms with Gasteiger partial charge in [-0.15, -0.1) is 0 Å². The molecule has 0 aliphatic carbocycles. The number of non-ortho nitro benzene ring substituents is 1. The molecule has 7 nitrogen and oxygen atoms in total. The predicted molar refractivity (Wildman–Crippen MR) is 80.1 cm³/mol. The van der Waals surface area contributed by atoms with Gasteiger partial charge in [0, 0.05) is 17.7 Å². The zero-order chi connectivity index (χ0) is 15.7. The number of fused-ring (bicyclic) bond motifs is 1. The zero-order valence-corrected chi connectivity index (χ0v) is 12.1. The highest BCUT2D eigenvalue weighted by Crippen LogP contribution is 2.27. The number of aliphatic imine (C=N–C) groups is 1. The minimum absolute atomic E-state index is 0.117. The third kappa shape index (κ3) is 2.56. The summed E-state index contributed by atoms with van der Waals surface area (Å²) in [5.41, 5.74) is 1.01. The van der Waals surface area contributed by atoms with Crippen molar-refractivity contribution in [2.45, 2.75) is 11.4 Å². The molecule has 8 heteroatoms. The quantitative estimate of drug-likeness (QED) is 0.689. The lowest BCUT2D eigenvalue weighted by atomic mass is 10.2. The minimum atomic E-state index is -3.80. The summed E-state index contributed by atoms with van der Waals surface area (Å²) in [6.45, 7) is 0.315. The van der Waals surface area contributed by atoms with E-state index in [1.807, 2.05) is 30.3 Å². The second kappa shape index (κ2) is 5.23. The van der Waals surface area contributed by atoms with Gasteiger partial charge in [0.25, 0.3) is 15.7 Å². The highest BCUT2D eigenvalue weighted by molar-refractivity contribution is 7.90. The van der Waals surface area contributed by atoms with Gasteiger partial charge < -0.3 is 0 Å². The van der Waals surface area contributed by atoms with Crippen LogP contribution in [0.1, 0.15) is 11.1 Å². The molecule has 0 atom stereocenters. The maximum absolute atomic E-state index is 12.0. The second-order valence-electron chi connectivity index (χ2n) is 4.69. The Hall–Kier alpha value is -2.74. The van der Waals surface area contributed by atoms with Crippen molar-refractivity contribution in [2.24, 2.45) is 4.99 Å². The van der Waals surface area contributed by atoms with Crippen molar-refractivity contribution < 1.29 is 13.3 Å². The van der Waals surface area contributed by atoms with Gasteiger partial charge in [0.1, 0.15) is 10.7 Å². The molecule has 22 heavy (non-hydrogen) atoms. The van der Waals surface area contributed by atoms with Crippen LogP contribution >= 0.6 is 0 Å². The molecule has 3 rings (SSSR count). The molecule has 2 aromatic rings. The summed E-state index contributed by atoms with van der Waals surface area (Å²) in [4.78, 5) is 14.3. The van der Waals surface area contributed by atoms with E-state index in [9.17, 15) is 18.5 Å². The number of hydrogen-bond donors (Lipinski definition) is 1. The molecule has 0 bridgehead atoms. The zero-order valence-electron chi connectivity index (χ0n) is 11.3. The number of amidine groups is 1. The summed E-state index contributed by atoms with van der Waals surface area (Å²) in [6.07, 6.45) is 0. The van der Waals surface area contributed by atoms with Crippen molar-refractivity contribution in [2.75, 3.05) is 0 Å². The molecule has 112 valence electrons. The summed E-state index contributed by atoms with van der Waals surface area (Å²) in [6, 6.07) is 13.1. The van der Waals surface area contributed by atoms with Crippen molar-refractivity contribution in [3.05, 3.63) is 69.8 Å². The molecular formula is C14H11N3O4S. The molecule has 0 fully saturated rings. The van der Waals surface area contributed by atoms with Gasteiger partial charge in [-0.25, -0.2) is 8.42 Å². The van der Waals surface area contributed by atoms with E-state index in [1.54, 1.807) is 0 Å². The maximum atomic E-state index is 12.0. The second-order valence-corrected chi connectivity index (χ2v) is 6.34. The van der Waals surface area contributed by atoms with Crippen LogP contribution in [-0.4, -0.2) is 19.2 Å². The Labute approximate surface area is 126 Å². The molecule has 1 aliphatic rings. The molecule has 1 N–H and O–H groups in total. The average molecular weight is 317 g/mol. The largest absolute Gasteiger partial charge is 0.270 e. The lowest BCUT2D eigenvalue weighted by Gasteiger charge is -1.99. The van der Waals surface area contributed by atoms with E-state index >= 15 is 0 Å². The first-order valence-electron chi connectivity index (χ1n) is 6.37. The molecule has 0 amide bonds. The topological polar surface area (TPSA) is 102 Å². The summed E-state index contributed by atoms with van der Waals surface area (Å²) < 4.78 is 26.4. The number of hydrogen-bond acceptors (Lipinski definition) is 5. The molecule has 0 saturated carbocycles. The van der Waals surface area contributed by atoms with Crippen LogP contribution in [0, 0.1) is 10.1 Å². The van der Waals surface area contributed by atoms with Crippen LogP contribution in [0.15, 0.2) is 58.4 Å². The Morgan fingerprint density at radius 2 is 1.86 bits per heavy atom. The van der Waals surface area contributed by atoms with Crippen molar-refractivity contribution in [3.8, 4) is 0 Å². The third-order valence-corrected chi connectivity index (χ3v) is 4.59. The molecule has 1 aliphatic heterocycles. The fourth-order valence-electron chi connectivity index (χ4n) is 2.15. The lowest BCUT2D eigenvalue weighted by Crippen LogP contribution is -2.22. The van der Waals surface area contributed by atoms with Crippen LogP contribution in [0.3, 0.4) is 0 Å². The molecular weight excluding hydrogens is 306 g/mol. The van der Waals surface area contributed by atoms with Gasteiger partial charge in [-0.1, -0.05) is 30.3 Å². The normalized spacial score (nSPS) is 17.0. The average Bonchev–Trinajstić information content (AvgIpc) is 2.77. The van der Waals surface area contributed by atoms with Gasteiger partial charge >= 0.3 is 0 Å². The van der Waals surface area contributed by atoms with E-state index in [0.29, 0.717) is 12.1 Å². The maximum Gasteiger partial charge on any atom is 0.270 e. The Balaban J connectivity index is 2.00. The summed E-state index contributed by atoms with van der Waals surface area (Å²) in [5.74, 6) is 0.203. The summed E-state index contributed by atoms with van der Waals surface area (Å²) in [7, 11) is -3.80. The molecule has 0 saturated heterocycles. The van der Waals surface area contributed by atoms with E-state index in [1.165, 1.54) is 12.1 Å². The van der Waals surface area contributed by atoms with Crippen molar-refractivity contribution in [1.29, 1.82) is 0 Å². The van der Waals surface area contributed by atoms with Gasteiger partial charge in [0.05, 0.1) is 11.5 Å². The Morgan fingerprint density at radius 3 is 2.55 bits per heavy atom. The molecule has 0 aromatic heterocycles. The fraction of sp³-hybridized carbons (Fsp3) is 0.0714. The minimum Gasteiger partial charge on any atom is -0.263 e. The molecule has 2 aromatic carbocycles.